The second-order valence-corrected chi connectivity index (χ2v) is 7.40. The first kappa shape index (κ1) is 21.2. The van der Waals surface area contributed by atoms with Crippen molar-refractivity contribution in [2.75, 3.05) is 6.54 Å². The van der Waals surface area contributed by atoms with E-state index in [1.54, 1.807) is 29.2 Å². The van der Waals surface area contributed by atoms with Crippen LogP contribution in [0, 0.1) is 0 Å². The number of hydrogen-bond acceptors (Lipinski definition) is 2. The molecule has 1 aliphatic rings. The van der Waals surface area contributed by atoms with Crippen LogP contribution in [0.25, 0.3) is 0 Å². The van der Waals surface area contributed by atoms with Crippen LogP contribution < -0.4 is 5.32 Å². The highest BCUT2D eigenvalue weighted by atomic mass is 35.5. The van der Waals surface area contributed by atoms with Crippen molar-refractivity contribution in [2.24, 2.45) is 0 Å². The summed E-state index contributed by atoms with van der Waals surface area (Å²) in [6.45, 7) is 0.434. The summed E-state index contributed by atoms with van der Waals surface area (Å²) < 4.78 is 38.1. The Kier molecular flexibility index (Phi) is 6.47. The van der Waals surface area contributed by atoms with Crippen LogP contribution in [0.4, 0.5) is 13.2 Å². The third kappa shape index (κ3) is 5.97. The van der Waals surface area contributed by atoms with Gasteiger partial charge in [-0.1, -0.05) is 23.7 Å². The van der Waals surface area contributed by atoms with Gasteiger partial charge in [-0.15, -0.1) is 0 Å². The minimum atomic E-state index is -4.38. The molecule has 1 fully saturated rings. The summed E-state index contributed by atoms with van der Waals surface area (Å²) in [5.74, 6) is -0.431. The Morgan fingerprint density at radius 1 is 1.03 bits per heavy atom. The average molecular weight is 425 g/mol. The Morgan fingerprint density at radius 3 is 2.21 bits per heavy atom. The predicted octanol–water partition coefficient (Wildman–Crippen LogP) is 4.67. The molecule has 1 aliphatic carbocycles. The van der Waals surface area contributed by atoms with E-state index in [4.69, 9.17) is 11.6 Å². The van der Waals surface area contributed by atoms with Crippen LogP contribution in [0.5, 0.6) is 0 Å². The monoisotopic (exact) mass is 424 g/mol. The summed E-state index contributed by atoms with van der Waals surface area (Å²) in [6.07, 6.45) is -2.50. The Hall–Kier alpha value is -2.54. The van der Waals surface area contributed by atoms with Gasteiger partial charge in [-0.3, -0.25) is 9.59 Å². The Bertz CT molecular complexity index is 863. The molecule has 29 heavy (non-hydrogen) atoms. The molecule has 3 rings (SSSR count). The molecule has 2 amide bonds. The highest BCUT2D eigenvalue weighted by Gasteiger charge is 2.33. The standard InChI is InChI=1S/C21H20ClF3N2O2/c22-17-7-3-15(4-8-17)20(29)26-12-11-19(28)27(18-9-10-18)13-14-1-5-16(6-2-14)21(23,24)25/h1-8,18H,9-13H2,(H,26,29). The van der Waals surface area contributed by atoms with E-state index in [1.807, 2.05) is 0 Å². The van der Waals surface area contributed by atoms with Crippen LogP contribution in [0.15, 0.2) is 48.5 Å². The molecule has 0 aromatic heterocycles. The summed E-state index contributed by atoms with van der Waals surface area (Å²) in [5, 5.41) is 3.22. The molecule has 0 aliphatic heterocycles. The van der Waals surface area contributed by atoms with Gasteiger partial charge in [-0.05, 0) is 54.8 Å². The van der Waals surface area contributed by atoms with Crippen molar-refractivity contribution in [1.82, 2.24) is 10.2 Å². The number of rotatable bonds is 7. The Balaban J connectivity index is 1.53. The van der Waals surface area contributed by atoms with Gasteiger partial charge in [0, 0.05) is 36.1 Å². The van der Waals surface area contributed by atoms with E-state index < -0.39 is 11.7 Å². The number of carbonyl (C=O) groups is 2. The van der Waals surface area contributed by atoms with Crippen molar-refractivity contribution in [2.45, 2.75) is 38.0 Å². The van der Waals surface area contributed by atoms with Crippen LogP contribution >= 0.6 is 11.6 Å². The fourth-order valence-corrected chi connectivity index (χ4v) is 3.06. The summed E-state index contributed by atoms with van der Waals surface area (Å²) in [7, 11) is 0. The van der Waals surface area contributed by atoms with E-state index in [-0.39, 0.29) is 37.4 Å². The molecule has 0 spiro atoms. The lowest BCUT2D eigenvalue weighted by atomic mass is 10.1. The largest absolute Gasteiger partial charge is 0.416 e. The lowest BCUT2D eigenvalue weighted by molar-refractivity contribution is -0.137. The number of amides is 2. The Labute approximate surface area is 171 Å². The molecule has 0 atom stereocenters. The third-order valence-electron chi connectivity index (χ3n) is 4.67. The summed E-state index contributed by atoms with van der Waals surface area (Å²) in [6, 6.07) is 11.4. The molecule has 1 N–H and O–H groups in total. The van der Waals surface area contributed by atoms with Crippen molar-refractivity contribution >= 4 is 23.4 Å². The quantitative estimate of drug-likeness (QED) is 0.702. The topological polar surface area (TPSA) is 49.4 Å². The number of nitrogens with zero attached hydrogens (tertiary/aromatic N) is 1. The maximum atomic E-state index is 12.7. The highest BCUT2D eigenvalue weighted by molar-refractivity contribution is 6.30. The fourth-order valence-electron chi connectivity index (χ4n) is 2.93. The van der Waals surface area contributed by atoms with Crippen LogP contribution in [0.1, 0.15) is 40.7 Å². The molecule has 0 heterocycles. The molecule has 2 aromatic rings. The van der Waals surface area contributed by atoms with Crippen molar-refractivity contribution in [3.05, 3.63) is 70.2 Å². The molecule has 154 valence electrons. The zero-order valence-electron chi connectivity index (χ0n) is 15.5. The van der Waals surface area contributed by atoms with Gasteiger partial charge in [-0.2, -0.15) is 13.2 Å². The van der Waals surface area contributed by atoms with Gasteiger partial charge in [0.25, 0.3) is 5.91 Å². The SMILES string of the molecule is O=C(NCCC(=O)N(Cc1ccc(C(F)(F)F)cc1)C1CC1)c1ccc(Cl)cc1. The smallest absolute Gasteiger partial charge is 0.352 e. The minimum absolute atomic E-state index is 0.108. The molecule has 8 heteroatoms. The molecular formula is C21H20ClF3N2O2. The van der Waals surface area contributed by atoms with Gasteiger partial charge >= 0.3 is 6.18 Å². The van der Waals surface area contributed by atoms with Gasteiger partial charge in [0.2, 0.25) is 5.91 Å². The van der Waals surface area contributed by atoms with Crippen LogP contribution in [0.3, 0.4) is 0 Å². The van der Waals surface area contributed by atoms with Crippen molar-refractivity contribution < 1.29 is 22.8 Å². The van der Waals surface area contributed by atoms with E-state index in [9.17, 15) is 22.8 Å². The second kappa shape index (κ2) is 8.86. The van der Waals surface area contributed by atoms with Gasteiger partial charge in [0.1, 0.15) is 0 Å². The van der Waals surface area contributed by atoms with E-state index in [2.05, 4.69) is 5.32 Å². The van der Waals surface area contributed by atoms with E-state index in [0.717, 1.165) is 25.0 Å². The normalized spacial score (nSPS) is 13.8. The fraction of sp³-hybridized carbons (Fsp3) is 0.333. The Morgan fingerprint density at radius 2 is 1.66 bits per heavy atom. The first-order chi connectivity index (χ1) is 13.7. The van der Waals surface area contributed by atoms with Crippen LogP contribution in [0.2, 0.25) is 5.02 Å². The molecule has 1 saturated carbocycles. The molecule has 0 radical (unpaired) electrons. The molecule has 2 aromatic carbocycles. The molecule has 0 bridgehead atoms. The number of alkyl halides is 3. The van der Waals surface area contributed by atoms with E-state index >= 15 is 0 Å². The van der Waals surface area contributed by atoms with Gasteiger partial charge < -0.3 is 10.2 Å². The van der Waals surface area contributed by atoms with Crippen molar-refractivity contribution in [3.63, 3.8) is 0 Å². The first-order valence-electron chi connectivity index (χ1n) is 9.23. The molecular weight excluding hydrogens is 405 g/mol. The molecule has 4 nitrogen and oxygen atoms in total. The molecule has 0 saturated heterocycles. The van der Waals surface area contributed by atoms with E-state index in [0.29, 0.717) is 16.1 Å². The maximum absolute atomic E-state index is 12.7. The third-order valence-corrected chi connectivity index (χ3v) is 4.92. The van der Waals surface area contributed by atoms with Crippen LogP contribution in [-0.4, -0.2) is 29.3 Å². The number of benzene rings is 2. The zero-order chi connectivity index (χ0) is 21.0. The summed E-state index contributed by atoms with van der Waals surface area (Å²) in [5.41, 5.74) is 0.379. The predicted molar refractivity (Wildman–Crippen MR) is 103 cm³/mol. The van der Waals surface area contributed by atoms with E-state index in [1.165, 1.54) is 12.1 Å². The lowest BCUT2D eigenvalue weighted by Crippen LogP contribution is -2.35. The number of carbonyl (C=O) groups excluding carboxylic acids is 2. The highest BCUT2D eigenvalue weighted by Crippen LogP contribution is 2.31. The first-order valence-corrected chi connectivity index (χ1v) is 9.61. The second-order valence-electron chi connectivity index (χ2n) is 6.96. The maximum Gasteiger partial charge on any atom is 0.416 e. The number of nitrogens with one attached hydrogen (secondary N) is 1. The zero-order valence-corrected chi connectivity index (χ0v) is 16.3. The van der Waals surface area contributed by atoms with Crippen LogP contribution in [-0.2, 0) is 17.5 Å². The van der Waals surface area contributed by atoms with Gasteiger partial charge in [-0.25, -0.2) is 0 Å². The lowest BCUT2D eigenvalue weighted by Gasteiger charge is -2.23. The summed E-state index contributed by atoms with van der Waals surface area (Å²) >= 11 is 5.79. The van der Waals surface area contributed by atoms with Crippen molar-refractivity contribution in [1.29, 1.82) is 0 Å². The van der Waals surface area contributed by atoms with Crippen molar-refractivity contribution in [3.8, 4) is 0 Å². The number of halogens is 4. The number of hydrogen-bond donors (Lipinski definition) is 1. The van der Waals surface area contributed by atoms with Gasteiger partial charge in [0.15, 0.2) is 0 Å². The van der Waals surface area contributed by atoms with Gasteiger partial charge in [0.05, 0.1) is 5.56 Å². The average Bonchev–Trinajstić information content (AvgIpc) is 3.51. The molecule has 0 unspecified atom stereocenters. The summed E-state index contributed by atoms with van der Waals surface area (Å²) in [4.78, 5) is 26.4. The minimum Gasteiger partial charge on any atom is -0.352 e.